The van der Waals surface area contributed by atoms with Gasteiger partial charge in [-0.2, -0.15) is 0 Å². The molecule has 100 valence electrons. The van der Waals surface area contributed by atoms with Crippen LogP contribution in [0.3, 0.4) is 0 Å². The van der Waals surface area contributed by atoms with E-state index in [1.54, 1.807) is 30.3 Å². The van der Waals surface area contributed by atoms with Crippen molar-refractivity contribution in [2.75, 3.05) is 0 Å². The smallest absolute Gasteiger partial charge is 0.253 e. The fourth-order valence-corrected chi connectivity index (χ4v) is 4.25. The molecule has 0 radical (unpaired) electrons. The minimum Gasteiger partial charge on any atom is -0.410 e. The third kappa shape index (κ3) is 2.92. The molecule has 0 N–H and O–H groups in total. The maximum absolute atomic E-state index is 13.5. The van der Waals surface area contributed by atoms with Gasteiger partial charge in [-0.3, -0.25) is 0 Å². The average Bonchev–Trinajstić information content (AvgIpc) is 2.38. The van der Waals surface area contributed by atoms with E-state index < -0.39 is 39.4 Å². The molecule has 0 aromatic heterocycles. The lowest BCUT2D eigenvalue weighted by molar-refractivity contribution is 0.0766. The van der Waals surface area contributed by atoms with Gasteiger partial charge in [0.2, 0.25) is 0 Å². The molecule has 1 aromatic rings. The van der Waals surface area contributed by atoms with Crippen molar-refractivity contribution in [3.8, 4) is 0 Å². The molecule has 18 heavy (non-hydrogen) atoms. The second-order valence-corrected chi connectivity index (χ2v) is 6.95. The largest absolute Gasteiger partial charge is 0.410 e. The first kappa shape index (κ1) is 13.5. The van der Waals surface area contributed by atoms with E-state index in [0.717, 1.165) is 5.56 Å². The zero-order chi connectivity index (χ0) is 13.1. The second kappa shape index (κ2) is 5.84. The summed E-state index contributed by atoms with van der Waals surface area (Å²) in [4.78, 5) is 0. The molecule has 1 heterocycles. The Hall–Kier alpha value is -0.883. The topological polar surface area (TPSA) is 9.23 Å². The van der Waals surface area contributed by atoms with Crippen molar-refractivity contribution in [1.82, 2.24) is 0 Å². The number of halogens is 4. The minimum atomic E-state index is -3.18. The summed E-state index contributed by atoms with van der Waals surface area (Å²) in [6.07, 6.45) is -4.60. The van der Waals surface area contributed by atoms with Crippen LogP contribution in [-0.4, -0.2) is 33.0 Å². The molecular formula is C12H14F4OSi. The number of hydrogen-bond donors (Lipinski definition) is 0. The highest BCUT2D eigenvalue weighted by molar-refractivity contribution is 6.55. The second-order valence-electron chi connectivity index (χ2n) is 4.42. The highest BCUT2D eigenvalue weighted by Gasteiger charge is 2.49. The predicted octanol–water partition coefficient (Wildman–Crippen LogP) is 2.76. The van der Waals surface area contributed by atoms with Crippen molar-refractivity contribution in [1.29, 1.82) is 0 Å². The zero-order valence-electron chi connectivity index (χ0n) is 9.61. The van der Waals surface area contributed by atoms with Crippen LogP contribution in [0.5, 0.6) is 0 Å². The number of benzene rings is 1. The van der Waals surface area contributed by atoms with Crippen molar-refractivity contribution in [2.24, 2.45) is 0 Å². The van der Waals surface area contributed by atoms with Gasteiger partial charge < -0.3 is 4.43 Å². The summed E-state index contributed by atoms with van der Waals surface area (Å²) < 4.78 is 58.5. The van der Waals surface area contributed by atoms with E-state index in [2.05, 4.69) is 0 Å². The van der Waals surface area contributed by atoms with Crippen LogP contribution in [0.1, 0.15) is 12.0 Å². The Balaban J connectivity index is 1.98. The quantitative estimate of drug-likeness (QED) is 0.610. The Morgan fingerprint density at radius 1 is 1.00 bits per heavy atom. The standard InChI is InChI=1S/C12H14F4OSi/c13-9-6-10(14)12(16)18(11(9)15)17-7-8-4-2-1-3-5-8/h1-5,9-12,18H,6-7H2. The summed E-state index contributed by atoms with van der Waals surface area (Å²) in [5.41, 5.74) is 0.737. The van der Waals surface area contributed by atoms with Crippen molar-refractivity contribution in [3.63, 3.8) is 0 Å². The molecule has 0 spiro atoms. The molecule has 1 aliphatic rings. The molecule has 1 aromatic carbocycles. The lowest BCUT2D eigenvalue weighted by Crippen LogP contribution is -2.54. The fourth-order valence-electron chi connectivity index (χ4n) is 2.01. The van der Waals surface area contributed by atoms with E-state index in [1.165, 1.54) is 0 Å². The van der Waals surface area contributed by atoms with Crippen LogP contribution < -0.4 is 0 Å². The zero-order valence-corrected chi connectivity index (χ0v) is 10.8. The molecule has 0 bridgehead atoms. The third-order valence-electron chi connectivity index (χ3n) is 3.05. The van der Waals surface area contributed by atoms with Gasteiger partial charge in [-0.15, -0.1) is 0 Å². The molecule has 4 atom stereocenters. The van der Waals surface area contributed by atoms with E-state index in [1.807, 2.05) is 0 Å². The Bertz CT molecular complexity index is 364. The first-order valence-corrected chi connectivity index (χ1v) is 7.62. The molecule has 4 unspecified atom stereocenters. The first-order chi connectivity index (χ1) is 8.59. The number of alkyl halides is 4. The molecule has 2 rings (SSSR count). The molecule has 1 nitrogen and oxygen atoms in total. The highest BCUT2D eigenvalue weighted by atomic mass is 28.3. The minimum absolute atomic E-state index is 0.00198. The Morgan fingerprint density at radius 3 is 2.11 bits per heavy atom. The van der Waals surface area contributed by atoms with Crippen LogP contribution >= 0.6 is 0 Å². The first-order valence-electron chi connectivity index (χ1n) is 5.81. The van der Waals surface area contributed by atoms with Gasteiger partial charge in [0, 0.05) is 6.42 Å². The normalized spacial score (nSPS) is 36.6. The number of rotatable bonds is 3. The summed E-state index contributed by atoms with van der Waals surface area (Å²) in [6, 6.07) is 8.79. The van der Waals surface area contributed by atoms with Crippen LogP contribution in [0.25, 0.3) is 0 Å². The van der Waals surface area contributed by atoms with E-state index in [9.17, 15) is 17.6 Å². The highest BCUT2D eigenvalue weighted by Crippen LogP contribution is 2.29. The van der Waals surface area contributed by atoms with Crippen LogP contribution in [0.4, 0.5) is 17.6 Å². The van der Waals surface area contributed by atoms with Crippen LogP contribution in [0, 0.1) is 0 Å². The molecule has 6 heteroatoms. The maximum atomic E-state index is 13.5. The van der Waals surface area contributed by atoms with E-state index in [0.29, 0.717) is 0 Å². The van der Waals surface area contributed by atoms with Gasteiger partial charge in [0.05, 0.1) is 6.61 Å². The van der Waals surface area contributed by atoms with Gasteiger partial charge in [-0.1, -0.05) is 30.3 Å². The summed E-state index contributed by atoms with van der Waals surface area (Å²) in [5, 5.41) is 0. The van der Waals surface area contributed by atoms with Crippen molar-refractivity contribution < 1.29 is 22.0 Å². The van der Waals surface area contributed by atoms with Crippen molar-refractivity contribution in [3.05, 3.63) is 35.9 Å². The van der Waals surface area contributed by atoms with Crippen LogP contribution in [0.15, 0.2) is 30.3 Å². The summed E-state index contributed by atoms with van der Waals surface area (Å²) in [5.74, 6) is -3.95. The molecule has 0 amide bonds. The molecule has 0 saturated carbocycles. The van der Waals surface area contributed by atoms with E-state index in [-0.39, 0.29) is 6.61 Å². The van der Waals surface area contributed by atoms with Gasteiger partial charge in [0.1, 0.15) is 23.9 Å². The van der Waals surface area contributed by atoms with Crippen molar-refractivity contribution >= 4 is 9.04 Å². The Morgan fingerprint density at radius 2 is 1.56 bits per heavy atom. The average molecular weight is 278 g/mol. The van der Waals surface area contributed by atoms with E-state index in [4.69, 9.17) is 4.43 Å². The Labute approximate surface area is 104 Å². The summed E-state index contributed by atoms with van der Waals surface area (Å²) in [6.45, 7) is -0.00198. The molecule has 1 fully saturated rings. The SMILES string of the molecule is FC1CC(F)C(F)[SiH](OCc2ccccc2)C1F. The Kier molecular flexibility index (Phi) is 4.39. The van der Waals surface area contributed by atoms with Gasteiger partial charge in [-0.05, 0) is 5.56 Å². The molecule has 0 aliphatic carbocycles. The molecular weight excluding hydrogens is 264 g/mol. The lowest BCUT2D eigenvalue weighted by Gasteiger charge is -2.32. The van der Waals surface area contributed by atoms with Crippen LogP contribution in [0.2, 0.25) is 0 Å². The van der Waals surface area contributed by atoms with Gasteiger partial charge in [-0.25, -0.2) is 17.6 Å². The fraction of sp³-hybridized carbons (Fsp3) is 0.500. The van der Waals surface area contributed by atoms with Gasteiger partial charge in [0.25, 0.3) is 9.04 Å². The summed E-state index contributed by atoms with van der Waals surface area (Å²) in [7, 11) is -3.18. The van der Waals surface area contributed by atoms with Gasteiger partial charge >= 0.3 is 0 Å². The number of hydrogen-bond acceptors (Lipinski definition) is 1. The van der Waals surface area contributed by atoms with E-state index >= 15 is 0 Å². The predicted molar refractivity (Wildman–Crippen MR) is 62.6 cm³/mol. The lowest BCUT2D eigenvalue weighted by atomic mass is 10.2. The monoisotopic (exact) mass is 278 g/mol. The maximum Gasteiger partial charge on any atom is 0.253 e. The van der Waals surface area contributed by atoms with Crippen molar-refractivity contribution in [2.45, 2.75) is 37.0 Å². The molecule has 1 saturated heterocycles. The summed E-state index contributed by atoms with van der Waals surface area (Å²) >= 11 is 0. The third-order valence-corrected chi connectivity index (χ3v) is 5.70. The molecule has 1 aliphatic heterocycles. The van der Waals surface area contributed by atoms with Crippen LogP contribution in [-0.2, 0) is 11.0 Å². The van der Waals surface area contributed by atoms with Gasteiger partial charge in [0.15, 0.2) is 0 Å².